The third-order valence-corrected chi connectivity index (χ3v) is 6.16. The second-order valence-corrected chi connectivity index (χ2v) is 7.80. The van der Waals surface area contributed by atoms with Crippen molar-refractivity contribution >= 4 is 17.5 Å². The normalized spacial score (nSPS) is 29.0. The monoisotopic (exact) mass is 341 g/mol. The topological polar surface area (TPSA) is 52.7 Å². The Bertz CT molecular complexity index is 625. The Morgan fingerprint density at radius 1 is 1.00 bits per heavy atom. The molecule has 4 rings (SSSR count). The molecule has 1 aromatic rings. The average molecular weight is 341 g/mol. The van der Waals surface area contributed by atoms with Gasteiger partial charge in [-0.05, 0) is 43.2 Å². The van der Waals surface area contributed by atoms with Crippen LogP contribution < -0.4 is 5.32 Å². The summed E-state index contributed by atoms with van der Waals surface area (Å²) in [4.78, 5) is 29.1. The Labute approximate surface area is 149 Å². The van der Waals surface area contributed by atoms with Gasteiger partial charge in [0.15, 0.2) is 0 Å². The first-order chi connectivity index (χ1) is 12.2. The maximum atomic E-state index is 12.8. The van der Waals surface area contributed by atoms with E-state index in [0.29, 0.717) is 18.4 Å². The number of fused-ring (bicyclic) bond motifs is 2. The fourth-order valence-corrected chi connectivity index (χ4v) is 4.83. The lowest BCUT2D eigenvalue weighted by atomic mass is 9.87. The Morgan fingerprint density at radius 3 is 2.40 bits per heavy atom. The molecule has 2 amide bonds. The summed E-state index contributed by atoms with van der Waals surface area (Å²) in [7, 11) is 0. The van der Waals surface area contributed by atoms with Crippen LogP contribution in [-0.4, -0.2) is 54.3 Å². The predicted molar refractivity (Wildman–Crippen MR) is 97.0 cm³/mol. The van der Waals surface area contributed by atoms with E-state index in [4.69, 9.17) is 0 Å². The van der Waals surface area contributed by atoms with Crippen molar-refractivity contribution in [1.29, 1.82) is 0 Å². The number of carbonyl (C=O) groups is 2. The minimum Gasteiger partial charge on any atom is -0.340 e. The highest BCUT2D eigenvalue weighted by Crippen LogP contribution is 2.48. The first kappa shape index (κ1) is 16.6. The van der Waals surface area contributed by atoms with E-state index in [2.05, 4.69) is 10.2 Å². The van der Waals surface area contributed by atoms with Crippen molar-refractivity contribution in [2.75, 3.05) is 38.0 Å². The minimum absolute atomic E-state index is 0.0130. The van der Waals surface area contributed by atoms with Crippen LogP contribution in [-0.2, 0) is 9.59 Å². The van der Waals surface area contributed by atoms with Crippen molar-refractivity contribution in [3.63, 3.8) is 0 Å². The molecule has 3 fully saturated rings. The van der Waals surface area contributed by atoms with Crippen LogP contribution in [0.15, 0.2) is 30.3 Å². The number of anilines is 1. The van der Waals surface area contributed by atoms with Crippen LogP contribution in [0.25, 0.3) is 0 Å². The van der Waals surface area contributed by atoms with E-state index in [0.717, 1.165) is 44.2 Å². The van der Waals surface area contributed by atoms with Gasteiger partial charge in [0.2, 0.25) is 11.8 Å². The molecule has 2 saturated carbocycles. The SMILES string of the molecule is O=C(CN1CCN(C(=O)C2CC3CCC2C3)CC1)Nc1ccccc1. The molecule has 0 aromatic heterocycles. The van der Waals surface area contributed by atoms with Crippen LogP contribution in [0.3, 0.4) is 0 Å². The van der Waals surface area contributed by atoms with Crippen LogP contribution in [0.5, 0.6) is 0 Å². The predicted octanol–water partition coefficient (Wildman–Crippen LogP) is 2.21. The zero-order chi connectivity index (χ0) is 17.2. The molecular formula is C20H27N3O2. The van der Waals surface area contributed by atoms with E-state index >= 15 is 0 Å². The lowest BCUT2D eigenvalue weighted by Crippen LogP contribution is -2.52. The molecular weight excluding hydrogens is 314 g/mol. The van der Waals surface area contributed by atoms with Gasteiger partial charge in [-0.25, -0.2) is 0 Å². The first-order valence-electron chi connectivity index (χ1n) is 9.55. The second-order valence-electron chi connectivity index (χ2n) is 7.80. The third-order valence-electron chi connectivity index (χ3n) is 6.16. The number of piperazine rings is 1. The van der Waals surface area contributed by atoms with E-state index in [1.807, 2.05) is 35.2 Å². The molecule has 1 saturated heterocycles. The number of nitrogens with zero attached hydrogens (tertiary/aromatic N) is 2. The quantitative estimate of drug-likeness (QED) is 0.913. The molecule has 2 bridgehead atoms. The van der Waals surface area contributed by atoms with Crippen molar-refractivity contribution in [3.05, 3.63) is 30.3 Å². The van der Waals surface area contributed by atoms with Gasteiger partial charge < -0.3 is 10.2 Å². The number of rotatable bonds is 4. The third kappa shape index (κ3) is 3.71. The van der Waals surface area contributed by atoms with Gasteiger partial charge in [-0.1, -0.05) is 24.6 Å². The van der Waals surface area contributed by atoms with Gasteiger partial charge >= 0.3 is 0 Å². The summed E-state index contributed by atoms with van der Waals surface area (Å²) in [6.07, 6.45) is 4.97. The summed E-state index contributed by atoms with van der Waals surface area (Å²) in [5, 5.41) is 2.93. The number of hydrogen-bond donors (Lipinski definition) is 1. The van der Waals surface area contributed by atoms with Crippen molar-refractivity contribution in [2.24, 2.45) is 17.8 Å². The molecule has 25 heavy (non-hydrogen) atoms. The van der Waals surface area contributed by atoms with Gasteiger partial charge in [0.1, 0.15) is 0 Å². The number of carbonyl (C=O) groups excluding carboxylic acids is 2. The van der Waals surface area contributed by atoms with Gasteiger partial charge in [-0.15, -0.1) is 0 Å². The second kappa shape index (κ2) is 7.16. The van der Waals surface area contributed by atoms with Gasteiger partial charge in [0, 0.05) is 37.8 Å². The summed E-state index contributed by atoms with van der Waals surface area (Å²) in [5.41, 5.74) is 0.831. The fraction of sp³-hybridized carbons (Fsp3) is 0.600. The van der Waals surface area contributed by atoms with Gasteiger partial charge in [0.25, 0.3) is 0 Å². The van der Waals surface area contributed by atoms with Crippen molar-refractivity contribution in [3.8, 4) is 0 Å². The van der Waals surface area contributed by atoms with E-state index in [1.54, 1.807) is 0 Å². The van der Waals surface area contributed by atoms with Crippen molar-refractivity contribution in [1.82, 2.24) is 9.80 Å². The summed E-state index contributed by atoms with van der Waals surface area (Å²) in [6, 6.07) is 9.54. The lowest BCUT2D eigenvalue weighted by molar-refractivity contribution is -0.139. The number of para-hydroxylation sites is 1. The standard InChI is InChI=1S/C20H27N3O2/c24-19(21-17-4-2-1-3-5-17)14-22-8-10-23(11-9-22)20(25)18-13-15-6-7-16(18)12-15/h1-5,15-16,18H,6-14H2,(H,21,24). The molecule has 0 radical (unpaired) electrons. The zero-order valence-electron chi connectivity index (χ0n) is 14.7. The number of amides is 2. The number of hydrogen-bond acceptors (Lipinski definition) is 3. The molecule has 1 aliphatic heterocycles. The van der Waals surface area contributed by atoms with Crippen LogP contribution >= 0.6 is 0 Å². The van der Waals surface area contributed by atoms with Crippen LogP contribution in [0, 0.1) is 17.8 Å². The smallest absolute Gasteiger partial charge is 0.238 e. The summed E-state index contributed by atoms with van der Waals surface area (Å²) in [5.74, 6) is 2.13. The molecule has 1 N–H and O–H groups in total. The molecule has 1 heterocycles. The van der Waals surface area contributed by atoms with Crippen LogP contribution in [0.1, 0.15) is 25.7 Å². The average Bonchev–Trinajstić information content (AvgIpc) is 3.26. The van der Waals surface area contributed by atoms with Crippen molar-refractivity contribution in [2.45, 2.75) is 25.7 Å². The highest BCUT2D eigenvalue weighted by molar-refractivity contribution is 5.92. The van der Waals surface area contributed by atoms with Crippen LogP contribution in [0.4, 0.5) is 5.69 Å². The molecule has 3 aliphatic rings. The molecule has 3 atom stereocenters. The number of benzene rings is 1. The summed E-state index contributed by atoms with van der Waals surface area (Å²) in [6.45, 7) is 3.48. The molecule has 2 aliphatic carbocycles. The lowest BCUT2D eigenvalue weighted by Gasteiger charge is -2.37. The number of nitrogens with one attached hydrogen (secondary N) is 1. The molecule has 5 nitrogen and oxygen atoms in total. The summed E-state index contributed by atoms with van der Waals surface area (Å²) >= 11 is 0. The molecule has 0 spiro atoms. The van der Waals surface area contributed by atoms with Crippen LogP contribution in [0.2, 0.25) is 0 Å². The van der Waals surface area contributed by atoms with E-state index in [-0.39, 0.29) is 11.8 Å². The largest absolute Gasteiger partial charge is 0.340 e. The van der Waals surface area contributed by atoms with Gasteiger partial charge in [-0.3, -0.25) is 14.5 Å². The Morgan fingerprint density at radius 2 is 1.76 bits per heavy atom. The summed E-state index contributed by atoms with van der Waals surface area (Å²) < 4.78 is 0. The Kier molecular flexibility index (Phi) is 4.75. The maximum absolute atomic E-state index is 12.8. The molecule has 134 valence electrons. The Balaban J connectivity index is 1.23. The van der Waals surface area contributed by atoms with Gasteiger partial charge in [-0.2, -0.15) is 0 Å². The maximum Gasteiger partial charge on any atom is 0.238 e. The first-order valence-corrected chi connectivity index (χ1v) is 9.55. The molecule has 5 heteroatoms. The Hall–Kier alpha value is -1.88. The van der Waals surface area contributed by atoms with E-state index in [9.17, 15) is 9.59 Å². The van der Waals surface area contributed by atoms with Gasteiger partial charge in [0.05, 0.1) is 6.54 Å². The van der Waals surface area contributed by atoms with E-state index < -0.39 is 0 Å². The van der Waals surface area contributed by atoms with Crippen molar-refractivity contribution < 1.29 is 9.59 Å². The molecule has 1 aromatic carbocycles. The minimum atomic E-state index is 0.0130. The highest BCUT2D eigenvalue weighted by atomic mass is 16.2. The molecule has 3 unspecified atom stereocenters. The zero-order valence-corrected chi connectivity index (χ0v) is 14.7. The van der Waals surface area contributed by atoms with E-state index in [1.165, 1.54) is 19.3 Å². The fourth-order valence-electron chi connectivity index (χ4n) is 4.83. The highest BCUT2D eigenvalue weighted by Gasteiger charge is 2.44.